The molecule has 12 heteroatoms. The van der Waals surface area contributed by atoms with Gasteiger partial charge in [-0.3, -0.25) is 0 Å². The van der Waals surface area contributed by atoms with Crippen molar-refractivity contribution in [2.24, 2.45) is 5.92 Å². The molecule has 1 aromatic heterocycles. The molecule has 3 aliphatic rings. The molecule has 0 bridgehead atoms. The van der Waals surface area contributed by atoms with Crippen LogP contribution < -0.4 is 45.0 Å². The molecule has 4 rings (SSSR count). The molecule has 1 unspecified atom stereocenters. The maximum atomic E-state index is 4.84. The highest BCUT2D eigenvalue weighted by molar-refractivity contribution is 5.85. The molecular formula is C18H52ClN11. The van der Waals surface area contributed by atoms with Crippen molar-refractivity contribution < 1.29 is 5.71 Å². The van der Waals surface area contributed by atoms with Gasteiger partial charge in [0.15, 0.2) is 0 Å². The van der Waals surface area contributed by atoms with Crippen LogP contribution >= 0.6 is 12.4 Å². The number of hydrogen-bond acceptors (Lipinski definition) is 11. The first kappa shape index (κ1) is 30.7. The molecule has 1 aromatic rings. The Morgan fingerprint density at radius 1 is 0.800 bits per heavy atom. The van der Waals surface area contributed by atoms with Crippen LogP contribution in [0, 0.1) is 5.92 Å². The van der Waals surface area contributed by atoms with E-state index in [-0.39, 0.29) is 42.7 Å². The third kappa shape index (κ3) is 7.97. The zero-order valence-corrected chi connectivity index (χ0v) is 19.3. The maximum absolute atomic E-state index is 4.84. The summed E-state index contributed by atoms with van der Waals surface area (Å²) >= 11 is 0. The standard InChI is InChI=1S/C18H31N7.ClH.4H3N.4H2/c1-3-9-24(10-4-1)17-21-16(20-14-15-7-8-19-13-15)22-18(23-17)25-11-5-2-6-12-25;;;;;;;;;/h15,19H,1-14H2,(H,20,21,22,23);1H;4*1H3;4*1H. The van der Waals surface area contributed by atoms with Crippen molar-refractivity contribution in [3.63, 3.8) is 0 Å². The Labute approximate surface area is 193 Å². The van der Waals surface area contributed by atoms with Crippen molar-refractivity contribution in [3.05, 3.63) is 0 Å². The van der Waals surface area contributed by atoms with Crippen molar-refractivity contribution in [1.82, 2.24) is 44.9 Å². The highest BCUT2D eigenvalue weighted by Crippen LogP contribution is 2.22. The lowest BCUT2D eigenvalue weighted by Crippen LogP contribution is -2.34. The van der Waals surface area contributed by atoms with Gasteiger partial charge >= 0.3 is 0 Å². The van der Waals surface area contributed by atoms with Crippen molar-refractivity contribution in [2.75, 3.05) is 60.9 Å². The number of rotatable bonds is 5. The van der Waals surface area contributed by atoms with E-state index in [1.807, 2.05) is 0 Å². The fourth-order valence-electron chi connectivity index (χ4n) is 4.03. The molecule has 3 aliphatic heterocycles. The number of aromatic nitrogens is 3. The van der Waals surface area contributed by atoms with Crippen molar-refractivity contribution in [3.8, 4) is 0 Å². The number of nitrogens with zero attached hydrogens (tertiary/aromatic N) is 5. The van der Waals surface area contributed by atoms with Crippen LogP contribution in [-0.4, -0.2) is 60.8 Å². The van der Waals surface area contributed by atoms with Crippen LogP contribution in [0.2, 0.25) is 0 Å². The monoisotopic (exact) mass is 457 g/mol. The number of nitrogens with one attached hydrogen (secondary N) is 2. The van der Waals surface area contributed by atoms with Gasteiger partial charge in [-0.15, -0.1) is 12.4 Å². The fourth-order valence-corrected chi connectivity index (χ4v) is 4.03. The average molecular weight is 458 g/mol. The van der Waals surface area contributed by atoms with Gasteiger partial charge in [0.2, 0.25) is 17.8 Å². The molecule has 3 fully saturated rings. The van der Waals surface area contributed by atoms with E-state index in [2.05, 4.69) is 20.4 Å². The Hall–Kier alpha value is -1.50. The van der Waals surface area contributed by atoms with Gasteiger partial charge in [0.25, 0.3) is 0 Å². The second kappa shape index (κ2) is 15.3. The Kier molecular flexibility index (Phi) is 15.7. The summed E-state index contributed by atoms with van der Waals surface area (Å²) in [7, 11) is 0. The first-order valence-electron chi connectivity index (χ1n) is 10.1. The second-order valence-corrected chi connectivity index (χ2v) is 7.59. The summed E-state index contributed by atoms with van der Waals surface area (Å²) in [5.41, 5.74) is 0. The van der Waals surface area contributed by atoms with E-state index in [1.165, 1.54) is 44.9 Å². The highest BCUT2D eigenvalue weighted by atomic mass is 35.5. The molecule has 0 aliphatic carbocycles. The SMILES string of the molecule is C1CCN(c2nc(NCC3CCNC3)nc(N3CCCCC3)n2)CC1.Cl.N.N.N.N.[HH].[HH].[HH].[HH]. The highest BCUT2D eigenvalue weighted by Gasteiger charge is 2.21. The molecule has 0 amide bonds. The molecule has 3 saturated heterocycles. The summed E-state index contributed by atoms with van der Waals surface area (Å²) in [5.74, 6) is 3.15. The van der Waals surface area contributed by atoms with Gasteiger partial charge in [-0.1, -0.05) is 0 Å². The zero-order valence-electron chi connectivity index (χ0n) is 18.4. The molecule has 4 heterocycles. The Balaban J connectivity index is -0.000000218. The number of halogens is 1. The van der Waals surface area contributed by atoms with Crippen LogP contribution in [0.25, 0.3) is 0 Å². The first-order chi connectivity index (χ1) is 12.4. The Bertz CT molecular complexity index is 541. The normalized spacial score (nSPS) is 20.5. The Morgan fingerprint density at radius 2 is 1.30 bits per heavy atom. The summed E-state index contributed by atoms with van der Waals surface area (Å²) in [6, 6.07) is 0. The van der Waals surface area contributed by atoms with Gasteiger partial charge in [0.05, 0.1) is 0 Å². The minimum atomic E-state index is 0. The van der Waals surface area contributed by atoms with Gasteiger partial charge < -0.3 is 45.0 Å². The molecule has 0 radical (unpaired) electrons. The number of hydrogen-bond donors (Lipinski definition) is 6. The Morgan fingerprint density at radius 3 is 1.73 bits per heavy atom. The molecule has 0 saturated carbocycles. The van der Waals surface area contributed by atoms with E-state index in [4.69, 9.17) is 15.0 Å². The molecule has 30 heavy (non-hydrogen) atoms. The van der Waals surface area contributed by atoms with Gasteiger partial charge in [-0.25, -0.2) is 0 Å². The molecule has 186 valence electrons. The largest absolute Gasteiger partial charge is 0.354 e. The van der Waals surface area contributed by atoms with E-state index in [9.17, 15) is 0 Å². The van der Waals surface area contributed by atoms with Crippen LogP contribution in [0.15, 0.2) is 0 Å². The van der Waals surface area contributed by atoms with Crippen LogP contribution in [0.3, 0.4) is 0 Å². The number of anilines is 3. The minimum Gasteiger partial charge on any atom is -0.354 e. The maximum Gasteiger partial charge on any atom is 0.231 e. The topological polar surface area (TPSA) is 209 Å². The quantitative estimate of drug-likeness (QED) is 0.372. The van der Waals surface area contributed by atoms with Gasteiger partial charge in [0.1, 0.15) is 0 Å². The summed E-state index contributed by atoms with van der Waals surface area (Å²) in [6.07, 6.45) is 8.82. The lowest BCUT2D eigenvalue weighted by Gasteiger charge is -2.30. The van der Waals surface area contributed by atoms with E-state index in [0.29, 0.717) is 5.92 Å². The van der Waals surface area contributed by atoms with Gasteiger partial charge in [-0.2, -0.15) is 15.0 Å². The van der Waals surface area contributed by atoms with E-state index < -0.39 is 0 Å². The van der Waals surface area contributed by atoms with Crippen LogP contribution in [0.5, 0.6) is 0 Å². The average Bonchev–Trinajstić information content (AvgIpc) is 3.21. The summed E-state index contributed by atoms with van der Waals surface area (Å²) in [5, 5.41) is 6.92. The molecule has 0 aromatic carbocycles. The lowest BCUT2D eigenvalue weighted by atomic mass is 10.1. The first-order valence-corrected chi connectivity index (χ1v) is 10.1. The fraction of sp³-hybridized carbons (Fsp3) is 0.833. The summed E-state index contributed by atoms with van der Waals surface area (Å²) in [6.45, 7) is 7.42. The van der Waals surface area contributed by atoms with Crippen LogP contribution in [-0.2, 0) is 0 Å². The van der Waals surface area contributed by atoms with Gasteiger partial charge in [0, 0.05) is 38.4 Å². The molecule has 11 nitrogen and oxygen atoms in total. The molecule has 1 atom stereocenters. The second-order valence-electron chi connectivity index (χ2n) is 7.59. The van der Waals surface area contributed by atoms with Crippen molar-refractivity contribution in [1.29, 1.82) is 0 Å². The van der Waals surface area contributed by atoms with Crippen molar-refractivity contribution in [2.45, 2.75) is 44.9 Å². The van der Waals surface area contributed by atoms with E-state index in [0.717, 1.165) is 63.7 Å². The van der Waals surface area contributed by atoms with Crippen LogP contribution in [0.1, 0.15) is 50.7 Å². The molecule has 14 N–H and O–H groups in total. The van der Waals surface area contributed by atoms with Crippen molar-refractivity contribution >= 4 is 30.3 Å². The predicted octanol–water partition coefficient (Wildman–Crippen LogP) is 3.93. The predicted molar refractivity (Wildman–Crippen MR) is 137 cm³/mol. The summed E-state index contributed by atoms with van der Waals surface area (Å²) in [4.78, 5) is 19.0. The molecule has 0 spiro atoms. The van der Waals surface area contributed by atoms with E-state index >= 15 is 0 Å². The third-order valence-electron chi connectivity index (χ3n) is 5.60. The minimum absolute atomic E-state index is 0. The van der Waals surface area contributed by atoms with E-state index in [1.54, 1.807) is 0 Å². The zero-order chi connectivity index (χ0) is 16.9. The lowest BCUT2D eigenvalue weighted by molar-refractivity contribution is 0.555. The van der Waals surface area contributed by atoms with Gasteiger partial charge in [-0.05, 0) is 64.0 Å². The van der Waals surface area contributed by atoms with Crippen LogP contribution in [0.4, 0.5) is 17.8 Å². The summed E-state index contributed by atoms with van der Waals surface area (Å²) < 4.78 is 0. The third-order valence-corrected chi connectivity index (χ3v) is 5.60. The molecular weight excluding hydrogens is 406 g/mol. The smallest absolute Gasteiger partial charge is 0.231 e. The number of piperidine rings is 2.